The smallest absolute Gasteiger partial charge is 0.349 e. The molecule has 0 amide bonds. The largest absolute Gasteiger partial charge is 0.490 e. The molecular weight excluding hydrogens is 770 g/mol. The summed E-state index contributed by atoms with van der Waals surface area (Å²) in [6, 6.07) is 0. The topological polar surface area (TPSA) is 228 Å². The van der Waals surface area contributed by atoms with E-state index in [-0.39, 0.29) is 18.2 Å². The second kappa shape index (κ2) is 25.4. The number of aromatic nitrogens is 2. The summed E-state index contributed by atoms with van der Waals surface area (Å²) in [5, 5.41) is -0.361. The molecule has 1 saturated heterocycles. The molecule has 21 heteroatoms. The maximum Gasteiger partial charge on any atom is 0.490 e. The fourth-order valence-electron chi connectivity index (χ4n) is 5.48. The van der Waals surface area contributed by atoms with Gasteiger partial charge in [-0.3, -0.25) is 27.9 Å². The Labute approximate surface area is 310 Å². The van der Waals surface area contributed by atoms with E-state index in [1.54, 1.807) is 0 Å². The van der Waals surface area contributed by atoms with Crippen molar-refractivity contribution in [2.75, 3.05) is 26.4 Å². The number of halogens is 2. The van der Waals surface area contributed by atoms with Crippen LogP contribution < -0.4 is 17.0 Å². The van der Waals surface area contributed by atoms with Gasteiger partial charge in [-0.25, -0.2) is 22.9 Å². The minimum Gasteiger partial charge on any atom is -0.349 e. The molecule has 1 fully saturated rings. The fraction of sp³-hybridized carbons (Fsp3) is 0.871. The Balaban J connectivity index is 1.75. The van der Waals surface area contributed by atoms with Gasteiger partial charge in [0.25, 0.3) is 5.56 Å². The zero-order valence-corrected chi connectivity index (χ0v) is 33.5. The van der Waals surface area contributed by atoms with Crippen LogP contribution in [0.5, 0.6) is 0 Å². The average Bonchev–Trinajstić information content (AvgIpc) is 3.44. The zero-order valence-electron chi connectivity index (χ0n) is 30.1. The highest BCUT2D eigenvalue weighted by Gasteiger charge is 2.45. The molecule has 2 rings (SSSR count). The number of nitrogens with two attached hydrogens (primary N) is 1. The number of aromatic amines is 1. The normalized spacial score (nSPS) is 21.2. The second-order valence-corrected chi connectivity index (χ2v) is 18.1. The minimum atomic E-state index is -5.64. The Kier molecular flexibility index (Phi) is 23.1. The van der Waals surface area contributed by atoms with E-state index in [1.807, 2.05) is 4.98 Å². The van der Waals surface area contributed by atoms with Crippen LogP contribution in [-0.2, 0) is 40.6 Å². The Morgan fingerprint density at radius 2 is 1.33 bits per heavy atom. The van der Waals surface area contributed by atoms with Gasteiger partial charge in [-0.05, 0) is 25.8 Å². The van der Waals surface area contributed by atoms with E-state index in [9.17, 15) is 37.5 Å². The van der Waals surface area contributed by atoms with Crippen molar-refractivity contribution in [2.24, 2.45) is 5.73 Å². The lowest BCUT2D eigenvalue weighted by molar-refractivity contribution is -0.0349. The Morgan fingerprint density at radius 1 is 0.827 bits per heavy atom. The van der Waals surface area contributed by atoms with Crippen molar-refractivity contribution in [1.82, 2.24) is 9.55 Å². The van der Waals surface area contributed by atoms with Crippen molar-refractivity contribution >= 4 is 35.1 Å². The molecule has 52 heavy (non-hydrogen) atoms. The average molecular weight is 828 g/mol. The van der Waals surface area contributed by atoms with Crippen LogP contribution in [0.3, 0.4) is 0 Å². The molecule has 0 bridgehead atoms. The zero-order chi connectivity index (χ0) is 38.5. The van der Waals surface area contributed by atoms with E-state index in [0.717, 1.165) is 36.4 Å². The molecule has 0 aliphatic carbocycles. The standard InChI is InChI=1S/C31H58ClFN3O13P3/c1-2-3-4-5-6-7-8-9-10-11-12-13-14-15-16-18-21-44-52(43,45-22-19-17-20-34)49-51(41,42)48-50(39,40)46-25-28-27(33)23-29(47-28)36-24-26(32)30(37)35-31(36)38/h24,27-29H,2-23,25,34H2,1H3,(H,39,40)(H,41,42)(H,35,37,38)/t27?,28-,29-,52?/m1/s1. The lowest BCUT2D eigenvalue weighted by Crippen LogP contribution is -2.32. The SMILES string of the molecule is CCCCCCCCCCCCCCCCCCOP(=O)(OCCCCN)OP(=O)(O)OP(=O)(O)OC[C@H]1O[C@@H](n2cc(Cl)c(=O)[nH]c2=O)CC1F. The van der Waals surface area contributed by atoms with Crippen molar-refractivity contribution in [3.63, 3.8) is 0 Å². The second-order valence-electron chi connectivity index (χ2n) is 12.8. The lowest BCUT2D eigenvalue weighted by atomic mass is 10.0. The van der Waals surface area contributed by atoms with Gasteiger partial charge in [0.05, 0.1) is 19.8 Å². The van der Waals surface area contributed by atoms with E-state index in [0.29, 0.717) is 25.8 Å². The molecule has 16 nitrogen and oxygen atoms in total. The third kappa shape index (κ3) is 19.7. The number of hydrogen-bond donors (Lipinski definition) is 4. The summed E-state index contributed by atoms with van der Waals surface area (Å²) in [5.41, 5.74) is 3.67. The molecule has 5 N–H and O–H groups in total. The van der Waals surface area contributed by atoms with Crippen molar-refractivity contribution in [3.8, 4) is 0 Å². The van der Waals surface area contributed by atoms with Crippen LogP contribution in [0.4, 0.5) is 4.39 Å². The molecule has 4 unspecified atom stereocenters. The molecule has 1 aromatic heterocycles. The summed E-state index contributed by atoms with van der Waals surface area (Å²) >= 11 is 5.73. The number of rotatable bonds is 31. The van der Waals surface area contributed by atoms with Gasteiger partial charge in [0.15, 0.2) is 0 Å². The molecule has 1 aliphatic rings. The van der Waals surface area contributed by atoms with Crippen LogP contribution in [0, 0.1) is 0 Å². The summed E-state index contributed by atoms with van der Waals surface area (Å²) in [6.07, 6.45) is 15.1. The molecule has 0 radical (unpaired) electrons. The molecule has 2 heterocycles. The predicted molar refractivity (Wildman–Crippen MR) is 195 cm³/mol. The summed E-state index contributed by atoms with van der Waals surface area (Å²) in [4.78, 5) is 45.8. The molecule has 304 valence electrons. The molecule has 1 aromatic rings. The number of nitrogens with zero attached hydrogens (tertiary/aromatic N) is 1. The fourth-order valence-corrected chi connectivity index (χ4v) is 9.76. The van der Waals surface area contributed by atoms with E-state index in [2.05, 4.69) is 20.1 Å². The first kappa shape index (κ1) is 47.4. The van der Waals surface area contributed by atoms with Crippen LogP contribution in [-0.4, -0.2) is 58.0 Å². The van der Waals surface area contributed by atoms with Gasteiger partial charge in [0.1, 0.15) is 23.5 Å². The minimum absolute atomic E-state index is 0.151. The maximum absolute atomic E-state index is 14.6. The van der Waals surface area contributed by atoms with Gasteiger partial charge >= 0.3 is 29.2 Å². The van der Waals surface area contributed by atoms with Crippen LogP contribution in [0.2, 0.25) is 5.02 Å². The molecule has 1 aliphatic heterocycles. The summed E-state index contributed by atoms with van der Waals surface area (Å²) in [5.74, 6) is 0. The number of nitrogens with one attached hydrogen (secondary N) is 1. The van der Waals surface area contributed by atoms with Gasteiger partial charge in [-0.15, -0.1) is 0 Å². The van der Waals surface area contributed by atoms with E-state index >= 15 is 0 Å². The maximum atomic E-state index is 14.6. The Morgan fingerprint density at radius 3 is 1.85 bits per heavy atom. The first-order chi connectivity index (χ1) is 24.7. The number of phosphoric acid groups is 3. The summed E-state index contributed by atoms with van der Waals surface area (Å²) in [7, 11) is -15.9. The van der Waals surface area contributed by atoms with Crippen molar-refractivity contribution < 1.29 is 54.8 Å². The van der Waals surface area contributed by atoms with Crippen molar-refractivity contribution in [1.29, 1.82) is 0 Å². The Hall–Kier alpha value is -0.770. The first-order valence-corrected chi connectivity index (χ1v) is 23.2. The quantitative estimate of drug-likeness (QED) is 0.0409. The van der Waals surface area contributed by atoms with Crippen molar-refractivity contribution in [3.05, 3.63) is 32.1 Å². The molecular formula is C31H58ClFN3O13P3. The summed E-state index contributed by atoms with van der Waals surface area (Å²) < 4.78 is 83.2. The number of hydrogen-bond acceptors (Lipinski definition) is 12. The van der Waals surface area contributed by atoms with Gasteiger partial charge in [0, 0.05) is 12.6 Å². The lowest BCUT2D eigenvalue weighted by Gasteiger charge is -2.22. The van der Waals surface area contributed by atoms with Crippen LogP contribution in [0.1, 0.15) is 135 Å². The van der Waals surface area contributed by atoms with E-state index in [1.165, 1.54) is 70.6 Å². The van der Waals surface area contributed by atoms with Crippen LogP contribution in [0.15, 0.2) is 15.8 Å². The van der Waals surface area contributed by atoms with Gasteiger partial charge in [0.2, 0.25) is 0 Å². The number of ether oxygens (including phenoxy) is 1. The van der Waals surface area contributed by atoms with Gasteiger partial charge in [-0.1, -0.05) is 115 Å². The van der Waals surface area contributed by atoms with E-state index in [4.69, 9.17) is 31.1 Å². The van der Waals surface area contributed by atoms with Gasteiger partial charge in [-0.2, -0.15) is 8.62 Å². The number of unbranched alkanes of at least 4 members (excludes halogenated alkanes) is 16. The first-order valence-electron chi connectivity index (χ1n) is 18.3. The number of phosphoric ester groups is 2. The molecule has 0 saturated carbocycles. The summed E-state index contributed by atoms with van der Waals surface area (Å²) in [6.45, 7) is 1.19. The van der Waals surface area contributed by atoms with Crippen LogP contribution >= 0.6 is 35.1 Å². The number of alkyl halides is 1. The highest BCUT2D eigenvalue weighted by Crippen LogP contribution is 2.69. The van der Waals surface area contributed by atoms with Crippen molar-refractivity contribution in [2.45, 2.75) is 147 Å². The van der Waals surface area contributed by atoms with E-state index < -0.39 is 66.2 Å². The highest BCUT2D eigenvalue weighted by atomic mass is 35.5. The molecule has 0 aromatic carbocycles. The van der Waals surface area contributed by atoms with Crippen LogP contribution in [0.25, 0.3) is 0 Å². The monoisotopic (exact) mass is 827 g/mol. The highest BCUT2D eigenvalue weighted by molar-refractivity contribution is 7.67. The van der Waals surface area contributed by atoms with Gasteiger partial charge < -0.3 is 20.3 Å². The Bertz CT molecular complexity index is 1420. The molecule has 0 spiro atoms. The molecule has 6 atom stereocenters. The third-order valence-electron chi connectivity index (χ3n) is 8.30. The predicted octanol–water partition coefficient (Wildman–Crippen LogP) is 8.21. The number of H-pyrrole nitrogens is 1. The third-order valence-corrected chi connectivity index (χ3v) is 13.3.